The molecule has 0 aliphatic heterocycles. The van der Waals surface area contributed by atoms with Crippen molar-refractivity contribution in [2.45, 2.75) is 46.3 Å². The van der Waals surface area contributed by atoms with Gasteiger partial charge in [0.1, 0.15) is 18.1 Å². The van der Waals surface area contributed by atoms with Gasteiger partial charge in [0.25, 0.3) is 5.91 Å². The third kappa shape index (κ3) is 7.16. The van der Waals surface area contributed by atoms with Crippen LogP contribution in [0.1, 0.15) is 61.1 Å². The van der Waals surface area contributed by atoms with Gasteiger partial charge in [-0.25, -0.2) is 0 Å². The van der Waals surface area contributed by atoms with Crippen molar-refractivity contribution in [1.82, 2.24) is 5.32 Å². The Balaban J connectivity index is 1.68. The van der Waals surface area contributed by atoms with Gasteiger partial charge in [0.05, 0.1) is 12.6 Å². The molecule has 4 nitrogen and oxygen atoms in total. The summed E-state index contributed by atoms with van der Waals surface area (Å²) in [5.41, 5.74) is 2.68. The second-order valence-corrected chi connectivity index (χ2v) is 8.38. The van der Waals surface area contributed by atoms with Gasteiger partial charge in [0, 0.05) is 5.56 Å². The summed E-state index contributed by atoms with van der Waals surface area (Å²) in [4.78, 5) is 13.1. The molecular formula is C28H33NO3. The minimum absolute atomic E-state index is 0.0630. The van der Waals surface area contributed by atoms with Crippen LogP contribution in [0.15, 0.2) is 78.9 Å². The van der Waals surface area contributed by atoms with Gasteiger partial charge in [-0.15, -0.1) is 0 Å². The largest absolute Gasteiger partial charge is 0.494 e. The molecule has 0 saturated heterocycles. The molecule has 0 aliphatic rings. The van der Waals surface area contributed by atoms with E-state index in [2.05, 4.69) is 26.1 Å². The number of carbonyl (C=O) groups excluding carboxylic acids is 1. The van der Waals surface area contributed by atoms with Crippen molar-refractivity contribution in [3.63, 3.8) is 0 Å². The molecule has 4 heteroatoms. The molecule has 0 bridgehead atoms. The number of hydrogen-bond acceptors (Lipinski definition) is 3. The SMILES string of the molecule is CCCOc1ccc(C(CC(C)C)NC(=O)c2cccc(COc3ccccc3)c2)cc1. The van der Waals surface area contributed by atoms with Crippen molar-refractivity contribution in [2.75, 3.05) is 6.61 Å². The second-order valence-electron chi connectivity index (χ2n) is 8.38. The van der Waals surface area contributed by atoms with Gasteiger partial charge in [0.15, 0.2) is 0 Å². The fourth-order valence-corrected chi connectivity index (χ4v) is 3.49. The molecular weight excluding hydrogens is 398 g/mol. The topological polar surface area (TPSA) is 47.6 Å². The standard InChI is InChI=1S/C28H33NO3/c1-4-17-31-26-15-13-23(14-16-26)27(18-21(2)3)29-28(30)24-10-8-9-22(19-24)20-32-25-11-6-5-7-12-25/h5-16,19,21,27H,4,17-18,20H2,1-3H3,(H,29,30). The van der Waals surface area contributed by atoms with Crippen LogP contribution in [0.5, 0.6) is 11.5 Å². The number of benzene rings is 3. The molecule has 0 spiro atoms. The third-order valence-electron chi connectivity index (χ3n) is 5.11. The molecule has 168 valence electrons. The molecule has 0 aliphatic carbocycles. The lowest BCUT2D eigenvalue weighted by molar-refractivity contribution is 0.0931. The van der Waals surface area contributed by atoms with E-state index in [4.69, 9.17) is 9.47 Å². The highest BCUT2D eigenvalue weighted by atomic mass is 16.5. The Bertz CT molecular complexity index is 967. The van der Waals surface area contributed by atoms with Gasteiger partial charge in [0.2, 0.25) is 0 Å². The first-order chi connectivity index (χ1) is 15.5. The maximum atomic E-state index is 13.1. The molecule has 0 heterocycles. The fourth-order valence-electron chi connectivity index (χ4n) is 3.49. The highest BCUT2D eigenvalue weighted by Crippen LogP contribution is 2.24. The van der Waals surface area contributed by atoms with Crippen LogP contribution in [-0.4, -0.2) is 12.5 Å². The smallest absolute Gasteiger partial charge is 0.251 e. The second kappa shape index (κ2) is 11.9. The molecule has 0 radical (unpaired) electrons. The first-order valence-electron chi connectivity index (χ1n) is 11.4. The molecule has 0 aromatic heterocycles. The number of para-hydroxylation sites is 1. The molecule has 0 fully saturated rings. The van der Waals surface area contributed by atoms with Crippen molar-refractivity contribution >= 4 is 5.91 Å². The molecule has 1 amide bonds. The lowest BCUT2D eigenvalue weighted by atomic mass is 9.96. The highest BCUT2D eigenvalue weighted by Gasteiger charge is 2.18. The van der Waals surface area contributed by atoms with Crippen LogP contribution in [0.2, 0.25) is 0 Å². The molecule has 1 unspecified atom stereocenters. The Morgan fingerprint density at radius 3 is 2.28 bits per heavy atom. The van der Waals surface area contributed by atoms with Gasteiger partial charge in [-0.3, -0.25) is 4.79 Å². The summed E-state index contributed by atoms with van der Waals surface area (Å²) < 4.78 is 11.5. The van der Waals surface area contributed by atoms with Gasteiger partial charge in [-0.2, -0.15) is 0 Å². The summed E-state index contributed by atoms with van der Waals surface area (Å²) in [5.74, 6) is 2.03. The minimum atomic E-state index is -0.0801. The maximum absolute atomic E-state index is 13.1. The Labute approximate surface area is 191 Å². The summed E-state index contributed by atoms with van der Waals surface area (Å²) in [7, 11) is 0. The number of nitrogens with one attached hydrogen (secondary N) is 1. The zero-order valence-electron chi connectivity index (χ0n) is 19.2. The van der Waals surface area contributed by atoms with Crippen molar-refractivity contribution in [3.05, 3.63) is 95.6 Å². The van der Waals surface area contributed by atoms with Crippen molar-refractivity contribution in [3.8, 4) is 11.5 Å². The average molecular weight is 432 g/mol. The zero-order chi connectivity index (χ0) is 22.8. The summed E-state index contributed by atoms with van der Waals surface area (Å²) >= 11 is 0. The molecule has 3 aromatic rings. The summed E-state index contributed by atoms with van der Waals surface area (Å²) in [6.07, 6.45) is 1.83. The van der Waals surface area contributed by atoms with E-state index in [1.165, 1.54) is 0 Å². The predicted octanol–water partition coefficient (Wildman–Crippen LogP) is 6.57. The number of ether oxygens (including phenoxy) is 2. The van der Waals surface area contributed by atoms with Crippen LogP contribution >= 0.6 is 0 Å². The monoisotopic (exact) mass is 431 g/mol. The quantitative estimate of drug-likeness (QED) is 0.373. The van der Waals surface area contributed by atoms with E-state index < -0.39 is 0 Å². The first kappa shape index (κ1) is 23.4. The maximum Gasteiger partial charge on any atom is 0.251 e. The number of hydrogen-bond donors (Lipinski definition) is 1. The summed E-state index contributed by atoms with van der Waals surface area (Å²) in [6.45, 7) is 7.54. The minimum Gasteiger partial charge on any atom is -0.494 e. The summed E-state index contributed by atoms with van der Waals surface area (Å²) in [6, 6.07) is 25.3. The Kier molecular flexibility index (Phi) is 8.73. The molecule has 1 atom stereocenters. The van der Waals surface area contributed by atoms with E-state index in [1.807, 2.05) is 78.9 Å². The van der Waals surface area contributed by atoms with Crippen molar-refractivity contribution in [2.24, 2.45) is 5.92 Å². The number of carbonyl (C=O) groups is 1. The van der Waals surface area contributed by atoms with Gasteiger partial charge >= 0.3 is 0 Å². The normalized spacial score (nSPS) is 11.8. The lowest BCUT2D eigenvalue weighted by Crippen LogP contribution is -2.29. The fraction of sp³-hybridized carbons (Fsp3) is 0.321. The Hall–Kier alpha value is -3.27. The van der Waals surface area contributed by atoms with Gasteiger partial charge < -0.3 is 14.8 Å². The van der Waals surface area contributed by atoms with E-state index in [0.29, 0.717) is 24.7 Å². The Morgan fingerprint density at radius 2 is 1.59 bits per heavy atom. The molecule has 32 heavy (non-hydrogen) atoms. The molecule has 0 saturated carbocycles. The van der Waals surface area contributed by atoms with Crippen molar-refractivity contribution < 1.29 is 14.3 Å². The number of rotatable bonds is 11. The number of amides is 1. The van der Waals surface area contributed by atoms with Crippen molar-refractivity contribution in [1.29, 1.82) is 0 Å². The van der Waals surface area contributed by atoms with Crippen LogP contribution in [0.4, 0.5) is 0 Å². The van der Waals surface area contributed by atoms with Gasteiger partial charge in [-0.1, -0.05) is 63.2 Å². The zero-order valence-corrected chi connectivity index (χ0v) is 19.2. The average Bonchev–Trinajstić information content (AvgIpc) is 2.82. The lowest BCUT2D eigenvalue weighted by Gasteiger charge is -2.22. The van der Waals surface area contributed by atoms with Crippen LogP contribution in [-0.2, 0) is 6.61 Å². The van der Waals surface area contributed by atoms with Crippen LogP contribution in [0.3, 0.4) is 0 Å². The van der Waals surface area contributed by atoms with Crippen LogP contribution in [0.25, 0.3) is 0 Å². The highest BCUT2D eigenvalue weighted by molar-refractivity contribution is 5.94. The third-order valence-corrected chi connectivity index (χ3v) is 5.11. The predicted molar refractivity (Wildman–Crippen MR) is 129 cm³/mol. The van der Waals surface area contributed by atoms with Crippen LogP contribution in [0, 0.1) is 5.92 Å². The summed E-state index contributed by atoms with van der Waals surface area (Å²) in [5, 5.41) is 3.22. The molecule has 3 rings (SSSR count). The van der Waals surface area contributed by atoms with E-state index in [9.17, 15) is 4.79 Å². The van der Waals surface area contributed by atoms with Gasteiger partial charge in [-0.05, 0) is 66.3 Å². The van der Waals surface area contributed by atoms with E-state index in [-0.39, 0.29) is 11.9 Å². The van der Waals surface area contributed by atoms with E-state index >= 15 is 0 Å². The first-order valence-corrected chi connectivity index (χ1v) is 11.4. The van der Waals surface area contributed by atoms with E-state index in [0.717, 1.165) is 35.5 Å². The Morgan fingerprint density at radius 1 is 0.875 bits per heavy atom. The molecule has 3 aromatic carbocycles. The van der Waals surface area contributed by atoms with E-state index in [1.54, 1.807) is 0 Å². The molecule has 1 N–H and O–H groups in total. The van der Waals surface area contributed by atoms with Crippen LogP contribution < -0.4 is 14.8 Å².